The van der Waals surface area contributed by atoms with Crippen molar-refractivity contribution in [2.75, 3.05) is 34.8 Å². The van der Waals surface area contributed by atoms with E-state index in [0.29, 0.717) is 5.75 Å². The maximum atomic E-state index is 13.0. The highest BCUT2D eigenvalue weighted by molar-refractivity contribution is 7.99. The highest BCUT2D eigenvalue weighted by atomic mass is 32.2. The molecule has 0 aromatic heterocycles. The fourth-order valence-electron chi connectivity index (χ4n) is 4.13. The summed E-state index contributed by atoms with van der Waals surface area (Å²) in [5.74, 6) is 2.48. The number of hydrogen-bond donors (Lipinski definition) is 2. The fourth-order valence-corrected chi connectivity index (χ4v) is 5.03. The predicted molar refractivity (Wildman–Crippen MR) is 113 cm³/mol. The van der Waals surface area contributed by atoms with Gasteiger partial charge in [-0.3, -0.25) is 4.79 Å². The van der Waals surface area contributed by atoms with Crippen LogP contribution < -0.4 is 10.2 Å². The maximum Gasteiger partial charge on any atom is 0.231 e. The summed E-state index contributed by atoms with van der Waals surface area (Å²) in [7, 11) is 0. The van der Waals surface area contributed by atoms with Crippen LogP contribution in [0.25, 0.3) is 0 Å². The molecule has 1 aliphatic carbocycles. The number of carbonyl (C=O) groups excluding carboxylic acids is 1. The van der Waals surface area contributed by atoms with Crippen LogP contribution in [0.2, 0.25) is 0 Å². The molecule has 1 unspecified atom stereocenters. The lowest BCUT2D eigenvalue weighted by Gasteiger charge is -2.29. The molecule has 1 atom stereocenters. The molecule has 0 radical (unpaired) electrons. The standard InChI is InChI=1S/C22H26N2O2S/c1-15-14-16(24-10-12-27-13-11-24)8-9-20(15)23-22(26)19-6-2-5-18-17(19)4-3-7-21(18)25/h3-4,7-9,14,19,25H,2,5-6,10-13H2,1H3,(H,23,26). The van der Waals surface area contributed by atoms with E-state index in [1.165, 1.54) is 17.2 Å². The van der Waals surface area contributed by atoms with Gasteiger partial charge in [-0.1, -0.05) is 12.1 Å². The molecular formula is C22H26N2O2S. The largest absolute Gasteiger partial charge is 0.508 e. The van der Waals surface area contributed by atoms with Crippen LogP contribution in [0.5, 0.6) is 5.75 Å². The number of amides is 1. The van der Waals surface area contributed by atoms with E-state index in [4.69, 9.17) is 0 Å². The lowest BCUT2D eigenvalue weighted by atomic mass is 9.82. The Morgan fingerprint density at radius 2 is 2.04 bits per heavy atom. The molecule has 0 spiro atoms. The molecule has 2 aromatic carbocycles. The van der Waals surface area contributed by atoms with Crippen LogP contribution in [0.1, 0.15) is 35.4 Å². The van der Waals surface area contributed by atoms with Crippen LogP contribution in [-0.4, -0.2) is 35.6 Å². The van der Waals surface area contributed by atoms with Crippen LogP contribution in [0.15, 0.2) is 36.4 Å². The van der Waals surface area contributed by atoms with Crippen molar-refractivity contribution in [1.82, 2.24) is 0 Å². The number of nitrogens with zero attached hydrogens (tertiary/aromatic N) is 1. The molecule has 142 valence electrons. The third kappa shape index (κ3) is 3.79. The smallest absolute Gasteiger partial charge is 0.231 e. The first-order chi connectivity index (χ1) is 13.1. The molecule has 5 heteroatoms. The number of fused-ring (bicyclic) bond motifs is 1. The molecule has 4 rings (SSSR count). The Balaban J connectivity index is 1.51. The van der Waals surface area contributed by atoms with Gasteiger partial charge in [0.25, 0.3) is 0 Å². The zero-order chi connectivity index (χ0) is 18.8. The molecule has 1 aliphatic heterocycles. The van der Waals surface area contributed by atoms with E-state index in [-0.39, 0.29) is 11.8 Å². The van der Waals surface area contributed by atoms with Crippen molar-refractivity contribution in [2.45, 2.75) is 32.1 Å². The van der Waals surface area contributed by atoms with E-state index in [2.05, 4.69) is 29.3 Å². The number of aromatic hydroxyl groups is 1. The van der Waals surface area contributed by atoms with Crippen molar-refractivity contribution in [3.8, 4) is 5.75 Å². The number of nitrogens with one attached hydrogen (secondary N) is 1. The van der Waals surface area contributed by atoms with Gasteiger partial charge < -0.3 is 15.3 Å². The summed E-state index contributed by atoms with van der Waals surface area (Å²) in [6.07, 6.45) is 2.59. The molecule has 2 N–H and O–H groups in total. The van der Waals surface area contributed by atoms with Gasteiger partial charge in [0.2, 0.25) is 5.91 Å². The molecule has 0 bridgehead atoms. The van der Waals surface area contributed by atoms with Gasteiger partial charge in [0.05, 0.1) is 5.92 Å². The van der Waals surface area contributed by atoms with Crippen molar-refractivity contribution < 1.29 is 9.90 Å². The summed E-state index contributed by atoms with van der Waals surface area (Å²) in [4.78, 5) is 15.4. The Kier molecular flexibility index (Phi) is 5.30. The number of phenols is 1. The number of carbonyl (C=O) groups is 1. The summed E-state index contributed by atoms with van der Waals surface area (Å²) >= 11 is 2.00. The Morgan fingerprint density at radius 1 is 1.22 bits per heavy atom. The van der Waals surface area contributed by atoms with Gasteiger partial charge in [0.1, 0.15) is 5.75 Å². The van der Waals surface area contributed by atoms with Gasteiger partial charge in [-0.15, -0.1) is 0 Å². The van der Waals surface area contributed by atoms with Gasteiger partial charge in [-0.25, -0.2) is 0 Å². The van der Waals surface area contributed by atoms with Crippen LogP contribution in [0.3, 0.4) is 0 Å². The molecule has 1 saturated heterocycles. The molecule has 27 heavy (non-hydrogen) atoms. The number of benzene rings is 2. The molecule has 1 heterocycles. The molecule has 0 saturated carbocycles. The van der Waals surface area contributed by atoms with Crippen LogP contribution in [-0.2, 0) is 11.2 Å². The lowest BCUT2D eigenvalue weighted by molar-refractivity contribution is -0.117. The number of aryl methyl sites for hydroxylation is 1. The number of anilines is 2. The molecule has 1 fully saturated rings. The van der Waals surface area contributed by atoms with E-state index in [1.54, 1.807) is 6.07 Å². The van der Waals surface area contributed by atoms with E-state index >= 15 is 0 Å². The Labute approximate surface area is 165 Å². The first-order valence-electron chi connectivity index (χ1n) is 9.68. The van der Waals surface area contributed by atoms with Crippen molar-refractivity contribution in [3.05, 3.63) is 53.1 Å². The van der Waals surface area contributed by atoms with E-state index < -0.39 is 0 Å². The van der Waals surface area contributed by atoms with Crippen LogP contribution in [0.4, 0.5) is 11.4 Å². The third-order valence-electron chi connectivity index (χ3n) is 5.64. The number of phenolic OH excluding ortho intramolecular Hbond substituents is 1. The molecular weight excluding hydrogens is 356 g/mol. The molecule has 1 amide bonds. The lowest BCUT2D eigenvalue weighted by Crippen LogP contribution is -2.32. The normalized spacial score (nSPS) is 19.4. The first kappa shape index (κ1) is 18.2. The minimum atomic E-state index is -0.195. The van der Waals surface area contributed by atoms with Crippen LogP contribution >= 0.6 is 11.8 Å². The van der Waals surface area contributed by atoms with Crippen LogP contribution in [0, 0.1) is 6.92 Å². The Hall–Kier alpha value is -2.14. The Morgan fingerprint density at radius 3 is 2.81 bits per heavy atom. The average Bonchev–Trinajstić information content (AvgIpc) is 2.70. The highest BCUT2D eigenvalue weighted by Gasteiger charge is 2.28. The minimum absolute atomic E-state index is 0.0202. The summed E-state index contributed by atoms with van der Waals surface area (Å²) < 4.78 is 0. The zero-order valence-corrected chi connectivity index (χ0v) is 16.5. The summed E-state index contributed by atoms with van der Waals surface area (Å²) in [5, 5.41) is 13.2. The zero-order valence-electron chi connectivity index (χ0n) is 15.7. The summed E-state index contributed by atoms with van der Waals surface area (Å²) in [6, 6.07) is 11.8. The minimum Gasteiger partial charge on any atom is -0.508 e. The number of hydrogen-bond acceptors (Lipinski definition) is 4. The predicted octanol–water partition coefficient (Wildman–Crippen LogP) is 4.31. The molecule has 2 aliphatic rings. The summed E-state index contributed by atoms with van der Waals surface area (Å²) in [6.45, 7) is 4.22. The quantitative estimate of drug-likeness (QED) is 0.830. The third-order valence-corrected chi connectivity index (χ3v) is 6.59. The van der Waals surface area contributed by atoms with Gasteiger partial charge >= 0.3 is 0 Å². The second-order valence-electron chi connectivity index (χ2n) is 7.38. The van der Waals surface area contributed by atoms with E-state index in [9.17, 15) is 9.90 Å². The topological polar surface area (TPSA) is 52.6 Å². The van der Waals surface area contributed by atoms with Crippen molar-refractivity contribution in [2.24, 2.45) is 0 Å². The first-order valence-corrected chi connectivity index (χ1v) is 10.8. The molecule has 4 nitrogen and oxygen atoms in total. The van der Waals surface area contributed by atoms with Gasteiger partial charge in [0.15, 0.2) is 0 Å². The van der Waals surface area contributed by atoms with Gasteiger partial charge in [-0.2, -0.15) is 11.8 Å². The van der Waals surface area contributed by atoms with E-state index in [1.807, 2.05) is 30.0 Å². The second-order valence-corrected chi connectivity index (χ2v) is 8.60. The number of thioether (sulfide) groups is 1. The van der Waals surface area contributed by atoms with Crippen molar-refractivity contribution in [3.63, 3.8) is 0 Å². The summed E-state index contributed by atoms with van der Waals surface area (Å²) in [5.41, 5.74) is 5.10. The van der Waals surface area contributed by atoms with Crippen molar-refractivity contribution >= 4 is 29.0 Å². The monoisotopic (exact) mass is 382 g/mol. The van der Waals surface area contributed by atoms with E-state index in [0.717, 1.165) is 54.7 Å². The number of rotatable bonds is 3. The second kappa shape index (κ2) is 7.85. The molecule has 2 aromatic rings. The SMILES string of the molecule is Cc1cc(N2CCSCC2)ccc1NC(=O)C1CCCc2c(O)cccc21. The Bertz CT molecular complexity index is 846. The highest BCUT2D eigenvalue weighted by Crippen LogP contribution is 2.37. The van der Waals surface area contributed by atoms with Crippen molar-refractivity contribution in [1.29, 1.82) is 0 Å². The maximum absolute atomic E-state index is 13.0. The van der Waals surface area contributed by atoms with Gasteiger partial charge in [-0.05, 0) is 67.1 Å². The van der Waals surface area contributed by atoms with Gasteiger partial charge in [0, 0.05) is 36.0 Å². The fraction of sp³-hybridized carbons (Fsp3) is 0.409. The average molecular weight is 383 g/mol.